The zero-order valence-electron chi connectivity index (χ0n) is 14.7. The van der Waals surface area contributed by atoms with Crippen molar-refractivity contribution in [2.45, 2.75) is 32.6 Å². The lowest BCUT2D eigenvalue weighted by atomic mass is 9.78. The SMILES string of the molecule is CCC(CNC(=O)C1(COC)CCNCC1)Cc1cccc(Br)c1. The number of piperidine rings is 1. The van der Waals surface area contributed by atoms with Crippen LogP contribution in [0.4, 0.5) is 0 Å². The van der Waals surface area contributed by atoms with E-state index in [-0.39, 0.29) is 11.3 Å². The predicted octanol–water partition coefficient (Wildman–Crippen LogP) is 3.15. The highest BCUT2D eigenvalue weighted by molar-refractivity contribution is 9.10. The number of carbonyl (C=O) groups excluding carboxylic acids is 1. The molecule has 1 unspecified atom stereocenters. The van der Waals surface area contributed by atoms with Crippen LogP contribution in [0.3, 0.4) is 0 Å². The molecule has 1 aliphatic rings. The largest absolute Gasteiger partial charge is 0.384 e. The maximum absolute atomic E-state index is 12.8. The van der Waals surface area contributed by atoms with Gasteiger partial charge in [0.2, 0.25) is 5.91 Å². The van der Waals surface area contributed by atoms with Crippen LogP contribution in [0.25, 0.3) is 0 Å². The molecule has 0 bridgehead atoms. The lowest BCUT2D eigenvalue weighted by molar-refractivity contribution is -0.136. The number of ether oxygens (including phenoxy) is 1. The van der Waals surface area contributed by atoms with Gasteiger partial charge < -0.3 is 15.4 Å². The third-order valence-corrected chi connectivity index (χ3v) is 5.50. The van der Waals surface area contributed by atoms with Gasteiger partial charge in [-0.15, -0.1) is 0 Å². The van der Waals surface area contributed by atoms with E-state index >= 15 is 0 Å². The molecular weight excluding hydrogens is 368 g/mol. The Morgan fingerprint density at radius 3 is 2.79 bits per heavy atom. The molecule has 1 fully saturated rings. The second-order valence-corrected chi connectivity index (χ2v) is 7.70. The van der Waals surface area contributed by atoms with Crippen molar-refractivity contribution in [2.24, 2.45) is 11.3 Å². The monoisotopic (exact) mass is 396 g/mol. The molecule has 0 spiro atoms. The highest BCUT2D eigenvalue weighted by Crippen LogP contribution is 2.29. The van der Waals surface area contributed by atoms with Gasteiger partial charge in [-0.1, -0.05) is 41.4 Å². The molecule has 0 saturated carbocycles. The number of hydrogen-bond donors (Lipinski definition) is 2. The summed E-state index contributed by atoms with van der Waals surface area (Å²) in [5.74, 6) is 0.600. The number of nitrogens with one attached hydrogen (secondary N) is 2. The van der Waals surface area contributed by atoms with E-state index in [1.54, 1.807) is 7.11 Å². The van der Waals surface area contributed by atoms with E-state index in [0.717, 1.165) is 49.8 Å². The summed E-state index contributed by atoms with van der Waals surface area (Å²) in [6, 6.07) is 8.41. The highest BCUT2D eigenvalue weighted by Gasteiger charge is 2.39. The molecule has 1 amide bonds. The number of rotatable bonds is 8. The number of amides is 1. The summed E-state index contributed by atoms with van der Waals surface area (Å²) in [4.78, 5) is 12.8. The van der Waals surface area contributed by atoms with Crippen molar-refractivity contribution in [2.75, 3.05) is 33.4 Å². The van der Waals surface area contributed by atoms with Crippen LogP contribution in [0.2, 0.25) is 0 Å². The minimum absolute atomic E-state index is 0.151. The first-order valence-corrected chi connectivity index (χ1v) is 9.61. The Morgan fingerprint density at radius 2 is 2.17 bits per heavy atom. The maximum atomic E-state index is 12.8. The minimum atomic E-state index is -0.367. The Labute approximate surface area is 153 Å². The number of carbonyl (C=O) groups is 1. The van der Waals surface area contributed by atoms with Gasteiger partial charge in [0.05, 0.1) is 12.0 Å². The van der Waals surface area contributed by atoms with Crippen molar-refractivity contribution < 1.29 is 9.53 Å². The van der Waals surface area contributed by atoms with Crippen LogP contribution in [0.15, 0.2) is 28.7 Å². The van der Waals surface area contributed by atoms with E-state index in [1.165, 1.54) is 5.56 Å². The summed E-state index contributed by atoms with van der Waals surface area (Å²) in [6.07, 6.45) is 3.71. The van der Waals surface area contributed by atoms with Crippen molar-refractivity contribution in [3.63, 3.8) is 0 Å². The van der Waals surface area contributed by atoms with Crippen molar-refractivity contribution in [3.05, 3.63) is 34.3 Å². The van der Waals surface area contributed by atoms with Crippen LogP contribution in [0.5, 0.6) is 0 Å². The summed E-state index contributed by atoms with van der Waals surface area (Å²) in [5.41, 5.74) is 0.938. The van der Waals surface area contributed by atoms with Gasteiger partial charge in [0.1, 0.15) is 0 Å². The van der Waals surface area contributed by atoms with E-state index in [9.17, 15) is 4.79 Å². The summed E-state index contributed by atoms with van der Waals surface area (Å²) in [5, 5.41) is 6.53. The van der Waals surface area contributed by atoms with Gasteiger partial charge in [0.15, 0.2) is 0 Å². The number of halogens is 1. The molecule has 0 aliphatic carbocycles. The molecule has 24 heavy (non-hydrogen) atoms. The maximum Gasteiger partial charge on any atom is 0.228 e. The van der Waals surface area contributed by atoms with Gasteiger partial charge in [0.25, 0.3) is 0 Å². The fourth-order valence-electron chi connectivity index (χ4n) is 3.40. The van der Waals surface area contributed by atoms with Gasteiger partial charge in [-0.3, -0.25) is 4.79 Å². The van der Waals surface area contributed by atoms with Gasteiger partial charge in [-0.25, -0.2) is 0 Å². The molecule has 1 aromatic rings. The molecule has 0 radical (unpaired) electrons. The molecule has 4 nitrogen and oxygen atoms in total. The first kappa shape index (κ1) is 19.4. The summed E-state index contributed by atoms with van der Waals surface area (Å²) >= 11 is 3.52. The molecule has 1 atom stereocenters. The fourth-order valence-corrected chi connectivity index (χ4v) is 3.85. The zero-order valence-corrected chi connectivity index (χ0v) is 16.3. The zero-order chi connectivity index (χ0) is 17.4. The van der Waals surface area contributed by atoms with Gasteiger partial charge in [-0.2, -0.15) is 0 Å². The van der Waals surface area contributed by atoms with Crippen LogP contribution in [0, 0.1) is 11.3 Å². The molecule has 1 aliphatic heterocycles. The molecule has 2 N–H and O–H groups in total. The van der Waals surface area contributed by atoms with Gasteiger partial charge >= 0.3 is 0 Å². The third-order valence-electron chi connectivity index (χ3n) is 5.01. The van der Waals surface area contributed by atoms with Crippen molar-refractivity contribution >= 4 is 21.8 Å². The van der Waals surface area contributed by atoms with Crippen LogP contribution in [0.1, 0.15) is 31.7 Å². The van der Waals surface area contributed by atoms with Crippen LogP contribution in [-0.2, 0) is 16.0 Å². The van der Waals surface area contributed by atoms with E-state index in [4.69, 9.17) is 4.74 Å². The van der Waals surface area contributed by atoms with Crippen LogP contribution >= 0.6 is 15.9 Å². The molecule has 5 heteroatoms. The quantitative estimate of drug-likeness (QED) is 0.709. The Bertz CT molecular complexity index is 524. The lowest BCUT2D eigenvalue weighted by Crippen LogP contribution is -2.51. The standard InChI is InChI=1S/C19H29BrN2O2/c1-3-15(11-16-5-4-6-17(20)12-16)13-22-18(23)19(14-24-2)7-9-21-10-8-19/h4-6,12,15,21H,3,7-11,13-14H2,1-2H3,(H,22,23). The van der Waals surface area contributed by atoms with Crippen LogP contribution in [-0.4, -0.2) is 39.3 Å². The molecule has 0 aromatic heterocycles. The second-order valence-electron chi connectivity index (χ2n) is 6.78. The normalized spacial score (nSPS) is 18.1. The van der Waals surface area contributed by atoms with E-state index in [1.807, 2.05) is 6.07 Å². The fraction of sp³-hybridized carbons (Fsp3) is 0.632. The molecule has 2 rings (SSSR count). The number of benzene rings is 1. The van der Waals surface area contributed by atoms with Crippen molar-refractivity contribution in [3.8, 4) is 0 Å². The molecular formula is C19H29BrN2O2. The van der Waals surface area contributed by atoms with Gasteiger partial charge in [0, 0.05) is 18.1 Å². The Hall–Kier alpha value is -0.910. The van der Waals surface area contributed by atoms with Crippen molar-refractivity contribution in [1.82, 2.24) is 10.6 Å². The third kappa shape index (κ3) is 5.30. The van der Waals surface area contributed by atoms with Gasteiger partial charge in [-0.05, 0) is 56.0 Å². The summed E-state index contributed by atoms with van der Waals surface area (Å²) in [6.45, 7) is 5.17. The minimum Gasteiger partial charge on any atom is -0.384 e. The second kappa shape index (κ2) is 9.54. The van der Waals surface area contributed by atoms with E-state index in [2.05, 4.69) is 51.7 Å². The van der Waals surface area contributed by atoms with Crippen molar-refractivity contribution in [1.29, 1.82) is 0 Å². The number of hydrogen-bond acceptors (Lipinski definition) is 3. The first-order chi connectivity index (χ1) is 11.6. The summed E-state index contributed by atoms with van der Waals surface area (Å²) in [7, 11) is 1.68. The highest BCUT2D eigenvalue weighted by atomic mass is 79.9. The molecule has 1 heterocycles. The Morgan fingerprint density at radius 1 is 1.42 bits per heavy atom. The Kier molecular flexibility index (Phi) is 7.72. The predicted molar refractivity (Wildman–Crippen MR) is 101 cm³/mol. The average Bonchev–Trinajstić information content (AvgIpc) is 2.59. The van der Waals surface area contributed by atoms with E-state index < -0.39 is 0 Å². The molecule has 134 valence electrons. The van der Waals surface area contributed by atoms with E-state index in [0.29, 0.717) is 12.5 Å². The lowest BCUT2D eigenvalue weighted by Gasteiger charge is -2.36. The van der Waals surface area contributed by atoms with Crippen LogP contribution < -0.4 is 10.6 Å². The average molecular weight is 397 g/mol. The molecule has 1 aromatic carbocycles. The number of methoxy groups -OCH3 is 1. The smallest absolute Gasteiger partial charge is 0.228 e. The first-order valence-electron chi connectivity index (χ1n) is 8.82. The summed E-state index contributed by atoms with van der Waals surface area (Å²) < 4.78 is 6.46. The topological polar surface area (TPSA) is 50.4 Å². The molecule has 1 saturated heterocycles. The Balaban J connectivity index is 1.92.